The fourth-order valence-electron chi connectivity index (χ4n) is 3.90. The summed E-state index contributed by atoms with van der Waals surface area (Å²) in [4.78, 5) is 1.41. The molecule has 1 aromatic rings. The number of hydrogen-bond donors (Lipinski definition) is 1. The Morgan fingerprint density at radius 3 is 2.70 bits per heavy atom. The van der Waals surface area contributed by atoms with E-state index in [4.69, 9.17) is 0 Å². The zero-order valence-electron chi connectivity index (χ0n) is 11.6. The van der Waals surface area contributed by atoms with Crippen molar-refractivity contribution in [3.05, 3.63) is 53.0 Å². The zero-order valence-corrected chi connectivity index (χ0v) is 14.6. The number of aliphatic hydroxyl groups is 1. The van der Waals surface area contributed by atoms with Crippen LogP contribution in [0, 0.1) is 11.3 Å². The average molecular weight is 398 g/mol. The van der Waals surface area contributed by atoms with Gasteiger partial charge in [0.15, 0.2) is 0 Å². The summed E-state index contributed by atoms with van der Waals surface area (Å²) >= 11 is 2.38. The molecule has 0 saturated heterocycles. The molecule has 0 aromatic heterocycles. The first-order chi connectivity index (χ1) is 9.55. The van der Waals surface area contributed by atoms with Crippen molar-refractivity contribution in [3.8, 4) is 0 Å². The van der Waals surface area contributed by atoms with E-state index in [2.05, 4.69) is 65.0 Å². The molecule has 3 heteroatoms. The lowest BCUT2D eigenvalue weighted by atomic mass is 9.67. The molecule has 1 nitrogen and oxygen atoms in total. The largest absolute Gasteiger partial charge is 0.393 e. The van der Waals surface area contributed by atoms with Crippen LogP contribution >= 0.6 is 30.1 Å². The average Bonchev–Trinajstić information content (AvgIpc) is 2.74. The summed E-state index contributed by atoms with van der Waals surface area (Å²) in [7, 11) is 1.81. The Morgan fingerprint density at radius 1 is 1.35 bits per heavy atom. The van der Waals surface area contributed by atoms with Crippen LogP contribution in [0.25, 0.3) is 5.57 Å². The van der Waals surface area contributed by atoms with Crippen LogP contribution < -0.4 is 0 Å². The predicted octanol–water partition coefficient (Wildman–Crippen LogP) is 5.22. The molecule has 0 heterocycles. The monoisotopic (exact) mass is 398 g/mol. The second-order valence-corrected chi connectivity index (χ2v) is 8.21. The summed E-state index contributed by atoms with van der Waals surface area (Å²) in [5.41, 5.74) is 3.99. The number of aliphatic hydroxyl groups excluding tert-OH is 1. The van der Waals surface area contributed by atoms with Gasteiger partial charge in [-0.1, -0.05) is 52.8 Å². The zero-order chi connectivity index (χ0) is 14.3. The van der Waals surface area contributed by atoms with E-state index in [1.165, 1.54) is 21.6 Å². The molecule has 106 valence electrons. The van der Waals surface area contributed by atoms with Crippen molar-refractivity contribution in [1.29, 1.82) is 0 Å². The molecule has 3 rings (SSSR count). The predicted molar refractivity (Wildman–Crippen MR) is 95.6 cm³/mol. The lowest BCUT2D eigenvalue weighted by molar-refractivity contribution is 0.163. The third kappa shape index (κ3) is 2.38. The Kier molecular flexibility index (Phi) is 4.04. The molecule has 0 bridgehead atoms. The van der Waals surface area contributed by atoms with Gasteiger partial charge in [-0.3, -0.25) is 0 Å². The minimum atomic E-state index is -0.169. The van der Waals surface area contributed by atoms with Gasteiger partial charge in [-0.05, 0) is 47.3 Å². The van der Waals surface area contributed by atoms with Gasteiger partial charge in [-0.2, -0.15) is 0 Å². The van der Waals surface area contributed by atoms with Crippen LogP contribution in [0.5, 0.6) is 0 Å². The fourth-order valence-corrected chi connectivity index (χ4v) is 5.74. The Bertz CT molecular complexity index is 566. The molecule has 1 saturated carbocycles. The molecule has 0 spiro atoms. The maximum Gasteiger partial charge on any atom is 0.0551 e. The van der Waals surface area contributed by atoms with Crippen molar-refractivity contribution in [3.63, 3.8) is 0 Å². The molecule has 20 heavy (non-hydrogen) atoms. The highest BCUT2D eigenvalue weighted by atomic mass is 127. The van der Waals surface area contributed by atoms with Crippen molar-refractivity contribution in [1.82, 2.24) is 0 Å². The second kappa shape index (κ2) is 5.50. The van der Waals surface area contributed by atoms with E-state index < -0.39 is 0 Å². The molecule has 1 aromatic carbocycles. The van der Waals surface area contributed by atoms with Crippen molar-refractivity contribution in [2.24, 2.45) is 11.3 Å². The van der Waals surface area contributed by atoms with E-state index in [1.807, 2.05) is 8.93 Å². The Balaban J connectivity index is 2.08. The van der Waals surface area contributed by atoms with Crippen LogP contribution in [-0.2, 0) is 0 Å². The summed E-state index contributed by atoms with van der Waals surface area (Å²) < 4.78 is 0. The molecule has 2 aliphatic rings. The summed E-state index contributed by atoms with van der Waals surface area (Å²) in [6.07, 6.45) is 2.66. The number of rotatable bonds is 2. The van der Waals surface area contributed by atoms with Crippen LogP contribution in [0.1, 0.15) is 31.7 Å². The summed E-state index contributed by atoms with van der Waals surface area (Å²) in [6, 6.07) is 10.6. The first kappa shape index (κ1) is 14.7. The summed E-state index contributed by atoms with van der Waals surface area (Å²) in [5.74, 6) is 0.417. The number of hydrogen-bond acceptors (Lipinski definition) is 2. The molecular weight excluding hydrogens is 379 g/mol. The number of allylic oxidation sites excluding steroid dienone is 3. The lowest BCUT2D eigenvalue weighted by Crippen LogP contribution is -2.28. The Hall–Kier alpha value is -0.260. The summed E-state index contributed by atoms with van der Waals surface area (Å²) in [6.45, 7) is 6.72. The van der Waals surface area contributed by atoms with E-state index in [0.717, 1.165) is 19.3 Å². The van der Waals surface area contributed by atoms with Crippen molar-refractivity contribution >= 4 is 35.7 Å². The van der Waals surface area contributed by atoms with Crippen LogP contribution in [-0.4, -0.2) is 11.2 Å². The van der Waals surface area contributed by atoms with Gasteiger partial charge in [-0.15, -0.1) is 0 Å². The number of halogens is 1. The van der Waals surface area contributed by atoms with Crippen molar-refractivity contribution in [2.75, 3.05) is 0 Å². The summed E-state index contributed by atoms with van der Waals surface area (Å²) in [5, 5.41) is 10.1. The highest BCUT2D eigenvalue weighted by Crippen LogP contribution is 2.59. The maximum absolute atomic E-state index is 10.1. The first-order valence-corrected chi connectivity index (χ1v) is 10.4. The van der Waals surface area contributed by atoms with Gasteiger partial charge in [-0.25, -0.2) is 0 Å². The normalized spacial score (nSPS) is 33.5. The van der Waals surface area contributed by atoms with Gasteiger partial charge in [0, 0.05) is 26.1 Å². The molecule has 1 fully saturated rings. The lowest BCUT2D eigenvalue weighted by Gasteiger charge is -2.39. The second-order valence-electron chi connectivity index (χ2n) is 6.24. The first-order valence-electron chi connectivity index (χ1n) is 6.99. The molecule has 0 aliphatic heterocycles. The van der Waals surface area contributed by atoms with E-state index in [0.29, 0.717) is 5.92 Å². The van der Waals surface area contributed by atoms with Gasteiger partial charge < -0.3 is 5.11 Å². The SMILES string of the molecule is C=C1C(c2ccccc2)=C(SI)C[C@]2(C)C[C@H](O)C[C@@H]12. The Labute approximate surface area is 137 Å². The Morgan fingerprint density at radius 2 is 2.05 bits per heavy atom. The van der Waals surface area contributed by atoms with Crippen molar-refractivity contribution < 1.29 is 5.11 Å². The highest BCUT2D eigenvalue weighted by molar-refractivity contribution is 14.2. The third-order valence-electron chi connectivity index (χ3n) is 4.79. The van der Waals surface area contributed by atoms with Gasteiger partial charge >= 0.3 is 0 Å². The molecule has 0 amide bonds. The minimum absolute atomic E-state index is 0.169. The molecule has 1 N–H and O–H groups in total. The molecule has 2 aliphatic carbocycles. The van der Waals surface area contributed by atoms with Crippen LogP contribution in [0.2, 0.25) is 0 Å². The molecule has 0 unspecified atom stereocenters. The van der Waals surface area contributed by atoms with Gasteiger partial charge in [0.1, 0.15) is 0 Å². The number of benzene rings is 1. The van der Waals surface area contributed by atoms with E-state index in [9.17, 15) is 5.11 Å². The van der Waals surface area contributed by atoms with Crippen molar-refractivity contribution in [2.45, 2.75) is 32.3 Å². The van der Waals surface area contributed by atoms with Crippen LogP contribution in [0.15, 0.2) is 47.4 Å². The highest BCUT2D eigenvalue weighted by Gasteiger charge is 2.48. The number of fused-ring (bicyclic) bond motifs is 1. The fraction of sp³-hybridized carbons (Fsp3) is 0.412. The van der Waals surface area contributed by atoms with Crippen LogP contribution in [0.3, 0.4) is 0 Å². The smallest absolute Gasteiger partial charge is 0.0551 e. The molecule has 0 radical (unpaired) electrons. The van der Waals surface area contributed by atoms with E-state index in [1.54, 1.807) is 0 Å². The van der Waals surface area contributed by atoms with Gasteiger partial charge in [0.2, 0.25) is 0 Å². The van der Waals surface area contributed by atoms with E-state index >= 15 is 0 Å². The maximum atomic E-state index is 10.1. The quantitative estimate of drug-likeness (QED) is 0.690. The molecule has 3 atom stereocenters. The van der Waals surface area contributed by atoms with Gasteiger partial charge in [0.05, 0.1) is 6.10 Å². The minimum Gasteiger partial charge on any atom is -0.393 e. The molecular formula is C17H19IOS. The topological polar surface area (TPSA) is 20.2 Å². The van der Waals surface area contributed by atoms with Gasteiger partial charge in [0.25, 0.3) is 0 Å². The van der Waals surface area contributed by atoms with Crippen LogP contribution in [0.4, 0.5) is 0 Å². The standard InChI is InChI=1S/C17H19IOS/c1-11-14-8-13(19)9-17(14,2)10-15(20-18)16(11)12-6-4-3-5-7-12/h3-7,13-14,19H,1,8-10H2,2H3/t13-,14+,17+/m1/s1. The third-order valence-corrected chi connectivity index (χ3v) is 6.92. The van der Waals surface area contributed by atoms with E-state index in [-0.39, 0.29) is 11.5 Å².